The summed E-state index contributed by atoms with van der Waals surface area (Å²) in [7, 11) is 0. The van der Waals surface area contributed by atoms with E-state index in [0.29, 0.717) is 48.6 Å². The van der Waals surface area contributed by atoms with Crippen molar-refractivity contribution in [2.45, 2.75) is 33.0 Å². The number of fused-ring (bicyclic) bond motifs is 1. The van der Waals surface area contributed by atoms with E-state index >= 15 is 0 Å². The summed E-state index contributed by atoms with van der Waals surface area (Å²) in [5.41, 5.74) is 1.46. The minimum Gasteiger partial charge on any atom is -0.367 e. The number of piperazine rings is 1. The lowest BCUT2D eigenvalue weighted by Crippen LogP contribution is -2.48. The summed E-state index contributed by atoms with van der Waals surface area (Å²) in [6.45, 7) is 7.48. The Hall–Kier alpha value is -3.43. The molecule has 2 aromatic heterocycles. The molecular formula is C23H25F3N6O. The molecule has 10 heteroatoms. The minimum absolute atomic E-state index is 0.0602. The summed E-state index contributed by atoms with van der Waals surface area (Å²) in [5, 5.41) is 3.92. The molecule has 0 radical (unpaired) electrons. The van der Waals surface area contributed by atoms with Crippen molar-refractivity contribution in [3.8, 4) is 0 Å². The molecule has 0 bridgehead atoms. The Bertz CT molecular complexity index is 1170. The summed E-state index contributed by atoms with van der Waals surface area (Å²) >= 11 is 0. The lowest BCUT2D eigenvalue weighted by Gasteiger charge is -2.35. The average molecular weight is 458 g/mol. The molecule has 1 atom stereocenters. The first-order chi connectivity index (χ1) is 15.6. The van der Waals surface area contributed by atoms with E-state index in [1.54, 1.807) is 31.0 Å². The number of benzene rings is 1. The molecule has 7 nitrogen and oxygen atoms in total. The molecule has 33 heavy (non-hydrogen) atoms. The smallest absolute Gasteiger partial charge is 0.367 e. The highest BCUT2D eigenvalue weighted by molar-refractivity contribution is 5.89. The third-order valence-corrected chi connectivity index (χ3v) is 6.07. The Kier molecular flexibility index (Phi) is 6.09. The van der Waals surface area contributed by atoms with Crippen LogP contribution in [0, 0.1) is 6.92 Å². The zero-order valence-electron chi connectivity index (χ0n) is 18.6. The van der Waals surface area contributed by atoms with Crippen LogP contribution in [0.2, 0.25) is 0 Å². The first-order valence-electron chi connectivity index (χ1n) is 10.7. The van der Waals surface area contributed by atoms with Crippen LogP contribution in [0.15, 0.2) is 36.8 Å². The third kappa shape index (κ3) is 4.69. The second-order valence-corrected chi connectivity index (χ2v) is 8.16. The fourth-order valence-electron chi connectivity index (χ4n) is 4.21. The molecule has 1 saturated heterocycles. The van der Waals surface area contributed by atoms with Gasteiger partial charge in [0.25, 0.3) is 0 Å². The Morgan fingerprint density at radius 1 is 1.12 bits per heavy atom. The van der Waals surface area contributed by atoms with Crippen molar-refractivity contribution in [1.82, 2.24) is 19.9 Å². The van der Waals surface area contributed by atoms with Gasteiger partial charge in [0.15, 0.2) is 5.65 Å². The number of pyridine rings is 1. The zero-order chi connectivity index (χ0) is 23.8. The Morgan fingerprint density at radius 3 is 2.52 bits per heavy atom. The molecule has 1 aliphatic heterocycles. The van der Waals surface area contributed by atoms with Crippen LogP contribution >= 0.6 is 0 Å². The molecule has 3 heterocycles. The van der Waals surface area contributed by atoms with Crippen molar-refractivity contribution in [3.05, 3.63) is 53.5 Å². The van der Waals surface area contributed by atoms with E-state index in [4.69, 9.17) is 0 Å². The standard InChI is InChI=1S/C23H25F3N6O/c1-14-18(5-4-6-20(14)23(24,25)26)15(2)30-22-19-11-17(12-27-21(19)28-13-29-22)32-9-7-31(8-10-32)16(3)33/h4-6,11-13,15H,7-10H2,1-3H3,(H,27,28,29,30). The Balaban J connectivity index is 1.61. The molecule has 1 fully saturated rings. The fraction of sp³-hybridized carbons (Fsp3) is 0.391. The normalized spacial score (nSPS) is 15.6. The van der Waals surface area contributed by atoms with Crippen LogP contribution in [0.4, 0.5) is 24.7 Å². The van der Waals surface area contributed by atoms with E-state index in [1.165, 1.54) is 19.3 Å². The third-order valence-electron chi connectivity index (χ3n) is 6.07. The van der Waals surface area contributed by atoms with E-state index in [0.717, 1.165) is 11.8 Å². The fourth-order valence-corrected chi connectivity index (χ4v) is 4.21. The van der Waals surface area contributed by atoms with Gasteiger partial charge in [-0.05, 0) is 37.1 Å². The molecule has 4 rings (SSSR count). The van der Waals surface area contributed by atoms with E-state index in [1.807, 2.05) is 6.07 Å². The first-order valence-corrected chi connectivity index (χ1v) is 10.7. The van der Waals surface area contributed by atoms with Gasteiger partial charge in [-0.1, -0.05) is 12.1 Å². The van der Waals surface area contributed by atoms with Gasteiger partial charge in [0.05, 0.1) is 28.9 Å². The highest BCUT2D eigenvalue weighted by atomic mass is 19.4. The largest absolute Gasteiger partial charge is 0.416 e. The molecular weight excluding hydrogens is 433 g/mol. The number of nitrogens with one attached hydrogen (secondary N) is 1. The van der Waals surface area contributed by atoms with Gasteiger partial charge in [0.1, 0.15) is 12.1 Å². The van der Waals surface area contributed by atoms with Crippen LogP contribution in [0.5, 0.6) is 0 Å². The van der Waals surface area contributed by atoms with Crippen LogP contribution in [0.25, 0.3) is 11.0 Å². The monoisotopic (exact) mass is 458 g/mol. The van der Waals surface area contributed by atoms with Crippen LogP contribution in [-0.2, 0) is 11.0 Å². The van der Waals surface area contributed by atoms with Crippen molar-refractivity contribution < 1.29 is 18.0 Å². The second-order valence-electron chi connectivity index (χ2n) is 8.16. The van der Waals surface area contributed by atoms with E-state index < -0.39 is 17.8 Å². The van der Waals surface area contributed by atoms with Gasteiger partial charge < -0.3 is 15.1 Å². The summed E-state index contributed by atoms with van der Waals surface area (Å²) < 4.78 is 40.0. The minimum atomic E-state index is -4.41. The van der Waals surface area contributed by atoms with Gasteiger partial charge in [-0.15, -0.1) is 0 Å². The van der Waals surface area contributed by atoms with E-state index in [-0.39, 0.29) is 11.5 Å². The molecule has 3 aromatic rings. The maximum Gasteiger partial charge on any atom is 0.416 e. The van der Waals surface area contributed by atoms with Crippen molar-refractivity contribution >= 4 is 28.4 Å². The molecule has 1 aromatic carbocycles. The molecule has 0 spiro atoms. The number of carbonyl (C=O) groups excluding carboxylic acids is 1. The van der Waals surface area contributed by atoms with Gasteiger partial charge in [0, 0.05) is 33.1 Å². The van der Waals surface area contributed by atoms with Crippen molar-refractivity contribution in [2.24, 2.45) is 0 Å². The van der Waals surface area contributed by atoms with Crippen LogP contribution in [-0.4, -0.2) is 51.9 Å². The number of hydrogen-bond acceptors (Lipinski definition) is 6. The van der Waals surface area contributed by atoms with Crippen molar-refractivity contribution in [2.75, 3.05) is 36.4 Å². The lowest BCUT2D eigenvalue weighted by atomic mass is 9.97. The number of halogens is 3. The Morgan fingerprint density at radius 2 is 1.85 bits per heavy atom. The van der Waals surface area contributed by atoms with E-state index in [9.17, 15) is 18.0 Å². The SMILES string of the molecule is CC(=O)N1CCN(c2cnc3ncnc(NC(C)c4cccc(C(F)(F)F)c4C)c3c2)CC1. The highest BCUT2D eigenvalue weighted by Gasteiger charge is 2.33. The predicted octanol–water partition coefficient (Wildman–Crippen LogP) is 4.19. The second kappa shape index (κ2) is 8.84. The topological polar surface area (TPSA) is 74.2 Å². The van der Waals surface area contributed by atoms with Gasteiger partial charge in [-0.3, -0.25) is 4.79 Å². The van der Waals surface area contributed by atoms with Gasteiger partial charge in [-0.2, -0.15) is 13.2 Å². The molecule has 0 aliphatic carbocycles. The van der Waals surface area contributed by atoms with Crippen LogP contribution in [0.1, 0.15) is 36.6 Å². The van der Waals surface area contributed by atoms with Gasteiger partial charge in [0.2, 0.25) is 5.91 Å². The first kappa shape index (κ1) is 22.8. The number of carbonyl (C=O) groups is 1. The summed E-state index contributed by atoms with van der Waals surface area (Å²) in [4.78, 5) is 28.6. The number of nitrogens with zero attached hydrogens (tertiary/aromatic N) is 5. The summed E-state index contributed by atoms with van der Waals surface area (Å²) in [6.07, 6.45) is -1.29. The molecule has 1 unspecified atom stereocenters. The number of aromatic nitrogens is 3. The lowest BCUT2D eigenvalue weighted by molar-refractivity contribution is -0.138. The van der Waals surface area contributed by atoms with Crippen LogP contribution < -0.4 is 10.2 Å². The molecule has 0 saturated carbocycles. The summed E-state index contributed by atoms with van der Waals surface area (Å²) in [5.74, 6) is 0.561. The van der Waals surface area contributed by atoms with Gasteiger partial charge in [-0.25, -0.2) is 15.0 Å². The number of hydrogen-bond donors (Lipinski definition) is 1. The maximum atomic E-state index is 13.3. The number of amides is 1. The van der Waals surface area contributed by atoms with E-state index in [2.05, 4.69) is 25.2 Å². The molecule has 1 aliphatic rings. The molecule has 174 valence electrons. The van der Waals surface area contributed by atoms with Crippen molar-refractivity contribution in [1.29, 1.82) is 0 Å². The summed E-state index contributed by atoms with van der Waals surface area (Å²) in [6, 6.07) is 5.70. The number of rotatable bonds is 4. The number of alkyl halides is 3. The zero-order valence-corrected chi connectivity index (χ0v) is 18.6. The highest BCUT2D eigenvalue weighted by Crippen LogP contribution is 2.35. The maximum absolute atomic E-state index is 13.3. The number of anilines is 2. The quantitative estimate of drug-likeness (QED) is 0.632. The predicted molar refractivity (Wildman–Crippen MR) is 120 cm³/mol. The molecule has 1 N–H and O–H groups in total. The van der Waals surface area contributed by atoms with Gasteiger partial charge >= 0.3 is 6.18 Å². The van der Waals surface area contributed by atoms with Crippen molar-refractivity contribution in [3.63, 3.8) is 0 Å². The Labute approximate surface area is 189 Å². The average Bonchev–Trinajstić information content (AvgIpc) is 2.78. The molecule has 1 amide bonds. The van der Waals surface area contributed by atoms with Crippen LogP contribution in [0.3, 0.4) is 0 Å².